The molecule has 1 aromatic heterocycles. The maximum atomic E-state index is 12.4. The van der Waals surface area contributed by atoms with Crippen molar-refractivity contribution in [3.05, 3.63) is 12.4 Å². The first kappa shape index (κ1) is 15.5. The van der Waals surface area contributed by atoms with Gasteiger partial charge in [0.15, 0.2) is 0 Å². The Labute approximate surface area is 131 Å². The number of amides is 1. The Morgan fingerprint density at radius 2 is 1.95 bits per heavy atom. The second kappa shape index (κ2) is 6.77. The van der Waals surface area contributed by atoms with E-state index in [9.17, 15) is 9.90 Å². The Bertz CT molecular complexity index is 474. The van der Waals surface area contributed by atoms with Crippen molar-refractivity contribution in [3.63, 3.8) is 0 Å². The van der Waals surface area contributed by atoms with Gasteiger partial charge in [-0.3, -0.25) is 9.48 Å². The van der Waals surface area contributed by atoms with Crippen LogP contribution in [0.2, 0.25) is 0 Å². The van der Waals surface area contributed by atoms with Gasteiger partial charge in [-0.25, -0.2) is 0 Å². The fraction of sp³-hybridized carbons (Fsp3) is 0.812. The van der Waals surface area contributed by atoms with Gasteiger partial charge in [0.2, 0.25) is 5.91 Å². The monoisotopic (exact) mass is 306 g/mol. The molecule has 1 N–H and O–H groups in total. The molecule has 2 fully saturated rings. The fourth-order valence-corrected chi connectivity index (χ4v) is 3.74. The van der Waals surface area contributed by atoms with Crippen LogP contribution < -0.4 is 0 Å². The smallest absolute Gasteiger partial charge is 0.225 e. The normalized spacial score (nSPS) is 22.7. The molecule has 1 amide bonds. The third kappa shape index (κ3) is 3.85. The molecule has 1 aliphatic carbocycles. The first-order chi connectivity index (χ1) is 10.6. The average Bonchev–Trinajstić information content (AvgIpc) is 3.01. The molecule has 2 aliphatic rings. The number of aromatic nitrogens is 3. The maximum Gasteiger partial charge on any atom is 0.225 e. The molecule has 0 aromatic carbocycles. The molecule has 3 rings (SSSR count). The van der Waals surface area contributed by atoms with Crippen LogP contribution in [0.3, 0.4) is 0 Å². The van der Waals surface area contributed by atoms with Gasteiger partial charge in [-0.15, -0.1) is 5.10 Å². The summed E-state index contributed by atoms with van der Waals surface area (Å²) in [6.45, 7) is 2.48. The van der Waals surface area contributed by atoms with Gasteiger partial charge in [0.25, 0.3) is 0 Å². The van der Waals surface area contributed by atoms with Gasteiger partial charge in [0.05, 0.1) is 18.2 Å². The lowest BCUT2D eigenvalue weighted by atomic mass is 9.82. The molecule has 1 saturated carbocycles. The Balaban J connectivity index is 1.45. The zero-order valence-electron chi connectivity index (χ0n) is 13.2. The average molecular weight is 306 g/mol. The Kier molecular flexibility index (Phi) is 4.76. The molecule has 6 nitrogen and oxygen atoms in total. The number of carbonyl (C=O) groups is 1. The molecule has 0 unspecified atom stereocenters. The first-order valence-corrected chi connectivity index (χ1v) is 8.49. The van der Waals surface area contributed by atoms with Crippen LogP contribution in [0.5, 0.6) is 0 Å². The van der Waals surface area contributed by atoms with Gasteiger partial charge in [-0.2, -0.15) is 0 Å². The minimum atomic E-state index is -0.743. The summed E-state index contributed by atoms with van der Waals surface area (Å²) in [7, 11) is 0. The zero-order chi connectivity index (χ0) is 15.4. The minimum Gasteiger partial charge on any atom is -0.389 e. The molecule has 122 valence electrons. The van der Waals surface area contributed by atoms with Crippen LogP contribution in [0.15, 0.2) is 12.4 Å². The summed E-state index contributed by atoms with van der Waals surface area (Å²) in [6, 6.07) is 0. The SMILES string of the molecule is O=C(CC1(O)CCCCC1)N1CCC(Cn2ccnn2)CC1. The third-order valence-electron chi connectivity index (χ3n) is 5.15. The molecule has 1 saturated heterocycles. The minimum absolute atomic E-state index is 0.128. The summed E-state index contributed by atoms with van der Waals surface area (Å²) in [6.07, 6.45) is 10.7. The largest absolute Gasteiger partial charge is 0.389 e. The number of piperidine rings is 1. The summed E-state index contributed by atoms with van der Waals surface area (Å²) in [5.74, 6) is 0.687. The number of hydrogen-bond donors (Lipinski definition) is 1. The molecule has 0 radical (unpaired) electrons. The lowest BCUT2D eigenvalue weighted by molar-refractivity contribution is -0.139. The second-order valence-corrected chi connectivity index (χ2v) is 6.91. The molecule has 2 heterocycles. The van der Waals surface area contributed by atoms with Gasteiger partial charge in [0, 0.05) is 25.8 Å². The van der Waals surface area contributed by atoms with E-state index >= 15 is 0 Å². The van der Waals surface area contributed by atoms with Crippen molar-refractivity contribution in [2.75, 3.05) is 13.1 Å². The quantitative estimate of drug-likeness (QED) is 0.917. The highest BCUT2D eigenvalue weighted by molar-refractivity contribution is 5.77. The van der Waals surface area contributed by atoms with E-state index in [1.54, 1.807) is 6.20 Å². The maximum absolute atomic E-state index is 12.4. The number of hydrogen-bond acceptors (Lipinski definition) is 4. The molecule has 0 atom stereocenters. The van der Waals surface area contributed by atoms with Crippen LogP contribution in [0.1, 0.15) is 51.4 Å². The third-order valence-corrected chi connectivity index (χ3v) is 5.15. The molecular weight excluding hydrogens is 280 g/mol. The van der Waals surface area contributed by atoms with Gasteiger partial charge >= 0.3 is 0 Å². The molecule has 22 heavy (non-hydrogen) atoms. The van der Waals surface area contributed by atoms with Crippen LogP contribution in [0, 0.1) is 5.92 Å². The highest BCUT2D eigenvalue weighted by atomic mass is 16.3. The van der Waals surface area contributed by atoms with Crippen LogP contribution in [0.4, 0.5) is 0 Å². The summed E-state index contributed by atoms with van der Waals surface area (Å²) in [5, 5.41) is 18.4. The van der Waals surface area contributed by atoms with E-state index in [2.05, 4.69) is 10.3 Å². The molecule has 0 bridgehead atoms. The fourth-order valence-electron chi connectivity index (χ4n) is 3.74. The van der Waals surface area contributed by atoms with Crippen molar-refractivity contribution in [2.24, 2.45) is 5.92 Å². The summed E-state index contributed by atoms with van der Waals surface area (Å²) >= 11 is 0. The number of rotatable bonds is 4. The Morgan fingerprint density at radius 1 is 1.23 bits per heavy atom. The van der Waals surface area contributed by atoms with Gasteiger partial charge in [-0.05, 0) is 31.6 Å². The standard InChI is InChI=1S/C16H26N4O2/c21-15(12-16(22)6-2-1-3-7-16)19-9-4-14(5-10-19)13-20-11-8-17-18-20/h8,11,14,22H,1-7,9-10,12-13H2. The van der Waals surface area contributed by atoms with E-state index in [4.69, 9.17) is 0 Å². The number of likely N-dealkylation sites (tertiary alicyclic amines) is 1. The summed E-state index contributed by atoms with van der Waals surface area (Å²) in [4.78, 5) is 14.4. The predicted octanol–water partition coefficient (Wildman–Crippen LogP) is 1.60. The number of carbonyl (C=O) groups excluding carboxylic acids is 1. The number of aliphatic hydroxyl groups is 1. The van der Waals surface area contributed by atoms with Gasteiger partial charge in [-0.1, -0.05) is 24.5 Å². The van der Waals surface area contributed by atoms with Crippen molar-refractivity contribution >= 4 is 5.91 Å². The van der Waals surface area contributed by atoms with Crippen LogP contribution in [-0.4, -0.2) is 49.6 Å². The van der Waals surface area contributed by atoms with Crippen LogP contribution >= 0.6 is 0 Å². The Hall–Kier alpha value is -1.43. The topological polar surface area (TPSA) is 71.2 Å². The van der Waals surface area contributed by atoms with E-state index < -0.39 is 5.60 Å². The summed E-state index contributed by atoms with van der Waals surface area (Å²) < 4.78 is 1.87. The molecule has 1 aliphatic heterocycles. The molecule has 0 spiro atoms. The van der Waals surface area contributed by atoms with Gasteiger partial charge < -0.3 is 10.0 Å². The first-order valence-electron chi connectivity index (χ1n) is 8.49. The van der Waals surface area contributed by atoms with E-state index in [1.807, 2.05) is 15.8 Å². The second-order valence-electron chi connectivity index (χ2n) is 6.91. The lowest BCUT2D eigenvalue weighted by Gasteiger charge is -2.36. The van der Waals surface area contributed by atoms with E-state index in [0.29, 0.717) is 12.3 Å². The molecule has 1 aromatic rings. The van der Waals surface area contributed by atoms with E-state index in [0.717, 1.165) is 58.2 Å². The number of nitrogens with zero attached hydrogens (tertiary/aromatic N) is 4. The zero-order valence-corrected chi connectivity index (χ0v) is 13.2. The Morgan fingerprint density at radius 3 is 2.59 bits per heavy atom. The van der Waals surface area contributed by atoms with Crippen molar-refractivity contribution < 1.29 is 9.90 Å². The predicted molar refractivity (Wildman–Crippen MR) is 82.0 cm³/mol. The molecule has 6 heteroatoms. The van der Waals surface area contributed by atoms with E-state index in [1.165, 1.54) is 6.42 Å². The van der Waals surface area contributed by atoms with Crippen LogP contribution in [-0.2, 0) is 11.3 Å². The highest BCUT2D eigenvalue weighted by Crippen LogP contribution is 2.32. The van der Waals surface area contributed by atoms with Crippen molar-refractivity contribution in [3.8, 4) is 0 Å². The van der Waals surface area contributed by atoms with Crippen molar-refractivity contribution in [1.29, 1.82) is 0 Å². The van der Waals surface area contributed by atoms with Gasteiger partial charge in [0.1, 0.15) is 0 Å². The molecular formula is C16H26N4O2. The highest BCUT2D eigenvalue weighted by Gasteiger charge is 2.34. The summed E-state index contributed by atoms with van der Waals surface area (Å²) in [5.41, 5.74) is -0.743. The van der Waals surface area contributed by atoms with Crippen molar-refractivity contribution in [2.45, 2.75) is 63.5 Å². The van der Waals surface area contributed by atoms with E-state index in [-0.39, 0.29) is 5.91 Å². The van der Waals surface area contributed by atoms with Crippen molar-refractivity contribution in [1.82, 2.24) is 19.9 Å². The van der Waals surface area contributed by atoms with Crippen LogP contribution in [0.25, 0.3) is 0 Å². The lowest BCUT2D eigenvalue weighted by Crippen LogP contribution is -2.44.